The van der Waals surface area contributed by atoms with E-state index in [0.29, 0.717) is 24.0 Å². The summed E-state index contributed by atoms with van der Waals surface area (Å²) in [5.74, 6) is 0.864. The van der Waals surface area contributed by atoms with Crippen molar-refractivity contribution in [3.8, 4) is 0 Å². The van der Waals surface area contributed by atoms with Crippen molar-refractivity contribution >= 4 is 23.2 Å². The normalized spacial score (nSPS) is 10.5. The van der Waals surface area contributed by atoms with Crippen LogP contribution in [0, 0.1) is 5.92 Å². The number of carbonyl (C=O) groups is 1. The molecule has 1 aromatic rings. The lowest BCUT2D eigenvalue weighted by atomic mass is 10.2. The number of hydrogen-bond acceptors (Lipinski definition) is 5. The molecule has 6 N–H and O–H groups in total. The van der Waals surface area contributed by atoms with Crippen LogP contribution in [0.25, 0.3) is 0 Å². The van der Waals surface area contributed by atoms with Crippen molar-refractivity contribution in [3.05, 3.63) is 12.1 Å². The average molecular weight is 237 g/mol. The molecule has 0 atom stereocenters. The Morgan fingerprint density at radius 1 is 1.41 bits per heavy atom. The summed E-state index contributed by atoms with van der Waals surface area (Å²) in [6, 6.07) is 3.41. The molecule has 1 rings (SSSR count). The van der Waals surface area contributed by atoms with E-state index in [2.05, 4.69) is 18.8 Å². The second-order valence-electron chi connectivity index (χ2n) is 4.38. The summed E-state index contributed by atoms with van der Waals surface area (Å²) < 4.78 is 0. The summed E-state index contributed by atoms with van der Waals surface area (Å²) in [5.41, 5.74) is 16.9. The van der Waals surface area contributed by atoms with Gasteiger partial charge in [0.15, 0.2) is 0 Å². The zero-order chi connectivity index (χ0) is 13.0. The number of primary amides is 1. The fourth-order valence-corrected chi connectivity index (χ4v) is 1.52. The van der Waals surface area contributed by atoms with Crippen LogP contribution in [0.1, 0.15) is 13.8 Å². The lowest BCUT2D eigenvalue weighted by Crippen LogP contribution is -2.36. The molecule has 0 aromatic carbocycles. The van der Waals surface area contributed by atoms with Crippen LogP contribution in [-0.4, -0.2) is 24.0 Å². The maximum Gasteiger partial charge on any atom is 0.236 e. The monoisotopic (exact) mass is 237 g/mol. The van der Waals surface area contributed by atoms with E-state index in [9.17, 15) is 4.79 Å². The molecule has 6 nitrogen and oxygen atoms in total. The molecule has 0 saturated carbocycles. The first kappa shape index (κ1) is 13.1. The Kier molecular flexibility index (Phi) is 4.14. The predicted molar refractivity (Wildman–Crippen MR) is 69.3 cm³/mol. The van der Waals surface area contributed by atoms with Crippen LogP contribution in [0.2, 0.25) is 0 Å². The smallest absolute Gasteiger partial charge is 0.236 e. The van der Waals surface area contributed by atoms with Gasteiger partial charge in [0.05, 0.1) is 12.2 Å². The Morgan fingerprint density at radius 2 is 2.06 bits per heavy atom. The molecule has 0 radical (unpaired) electrons. The maximum atomic E-state index is 11.0. The van der Waals surface area contributed by atoms with E-state index in [0.717, 1.165) is 0 Å². The van der Waals surface area contributed by atoms with Gasteiger partial charge in [0.1, 0.15) is 11.6 Å². The number of nitrogens with zero attached hydrogens (tertiary/aromatic N) is 2. The predicted octanol–water partition coefficient (Wildman–Crippen LogP) is 0.194. The fraction of sp³-hybridized carbons (Fsp3) is 0.455. The highest BCUT2D eigenvalue weighted by atomic mass is 16.1. The third-order valence-electron chi connectivity index (χ3n) is 2.20. The van der Waals surface area contributed by atoms with Gasteiger partial charge in [-0.15, -0.1) is 0 Å². The Morgan fingerprint density at radius 3 is 2.53 bits per heavy atom. The second-order valence-corrected chi connectivity index (χ2v) is 4.38. The number of rotatable bonds is 5. The van der Waals surface area contributed by atoms with Crippen molar-refractivity contribution < 1.29 is 4.79 Å². The zero-order valence-electron chi connectivity index (χ0n) is 10.2. The first-order chi connectivity index (χ1) is 7.90. The molecule has 17 heavy (non-hydrogen) atoms. The summed E-state index contributed by atoms with van der Waals surface area (Å²) in [6.07, 6.45) is 0. The highest BCUT2D eigenvalue weighted by Gasteiger charge is 2.13. The van der Waals surface area contributed by atoms with Crippen molar-refractivity contribution in [1.82, 2.24) is 4.98 Å². The van der Waals surface area contributed by atoms with Crippen molar-refractivity contribution in [2.75, 3.05) is 29.5 Å². The third kappa shape index (κ3) is 3.82. The summed E-state index contributed by atoms with van der Waals surface area (Å²) in [5, 5.41) is 0. The molecule has 1 amide bonds. The average Bonchev–Trinajstić information content (AvgIpc) is 2.19. The highest BCUT2D eigenvalue weighted by Crippen LogP contribution is 2.19. The molecule has 0 spiro atoms. The van der Waals surface area contributed by atoms with Gasteiger partial charge < -0.3 is 22.1 Å². The molecule has 0 saturated heterocycles. The van der Waals surface area contributed by atoms with Crippen molar-refractivity contribution in [2.24, 2.45) is 11.7 Å². The minimum absolute atomic E-state index is 0.120. The van der Waals surface area contributed by atoms with Gasteiger partial charge in [-0.3, -0.25) is 4.79 Å². The standard InChI is InChI=1S/C11H19N5O/c1-7(2)5-16(6-9(13)17)10-4-3-8(12)11(14)15-10/h3-4,7H,5-6,12H2,1-2H3,(H2,13,17)(H2,14,15). The van der Waals surface area contributed by atoms with Crippen LogP contribution >= 0.6 is 0 Å². The van der Waals surface area contributed by atoms with Gasteiger partial charge in [0.2, 0.25) is 5.91 Å². The van der Waals surface area contributed by atoms with Gasteiger partial charge in [-0.25, -0.2) is 4.98 Å². The molecule has 6 heteroatoms. The second kappa shape index (κ2) is 5.38. The van der Waals surface area contributed by atoms with Gasteiger partial charge >= 0.3 is 0 Å². The van der Waals surface area contributed by atoms with Crippen molar-refractivity contribution in [3.63, 3.8) is 0 Å². The van der Waals surface area contributed by atoms with Gasteiger partial charge in [-0.1, -0.05) is 13.8 Å². The quantitative estimate of drug-likeness (QED) is 0.677. The number of amides is 1. The number of carbonyl (C=O) groups excluding carboxylic acids is 1. The SMILES string of the molecule is CC(C)CN(CC(N)=O)c1ccc(N)c(N)n1. The van der Waals surface area contributed by atoms with E-state index >= 15 is 0 Å². The first-order valence-electron chi connectivity index (χ1n) is 5.45. The summed E-state index contributed by atoms with van der Waals surface area (Å²) >= 11 is 0. The number of nitrogens with two attached hydrogens (primary N) is 3. The Labute approximate surface area is 101 Å². The van der Waals surface area contributed by atoms with Crippen LogP contribution in [0.15, 0.2) is 12.1 Å². The molecule has 0 aliphatic carbocycles. The fourth-order valence-electron chi connectivity index (χ4n) is 1.52. The molecule has 1 heterocycles. The van der Waals surface area contributed by atoms with Crippen molar-refractivity contribution in [1.29, 1.82) is 0 Å². The molecule has 1 aromatic heterocycles. The molecule has 94 valence electrons. The van der Waals surface area contributed by atoms with E-state index < -0.39 is 5.91 Å². The largest absolute Gasteiger partial charge is 0.396 e. The van der Waals surface area contributed by atoms with E-state index in [1.54, 1.807) is 17.0 Å². The van der Waals surface area contributed by atoms with E-state index in [-0.39, 0.29) is 12.4 Å². The minimum atomic E-state index is -0.400. The molecular formula is C11H19N5O. The third-order valence-corrected chi connectivity index (χ3v) is 2.20. The van der Waals surface area contributed by atoms with Crippen LogP contribution in [-0.2, 0) is 4.79 Å². The minimum Gasteiger partial charge on any atom is -0.396 e. The summed E-state index contributed by atoms with van der Waals surface area (Å²) in [4.78, 5) is 17.0. The Hall–Kier alpha value is -1.98. The molecule has 0 unspecified atom stereocenters. The summed E-state index contributed by atoms with van der Waals surface area (Å²) in [6.45, 7) is 4.90. The van der Waals surface area contributed by atoms with Gasteiger partial charge in [0, 0.05) is 6.54 Å². The van der Waals surface area contributed by atoms with Gasteiger partial charge in [-0.2, -0.15) is 0 Å². The van der Waals surface area contributed by atoms with Gasteiger partial charge in [0.25, 0.3) is 0 Å². The highest BCUT2D eigenvalue weighted by molar-refractivity contribution is 5.79. The lowest BCUT2D eigenvalue weighted by molar-refractivity contribution is -0.116. The van der Waals surface area contributed by atoms with Crippen LogP contribution in [0.5, 0.6) is 0 Å². The number of nitrogen functional groups attached to an aromatic ring is 2. The van der Waals surface area contributed by atoms with Crippen LogP contribution in [0.3, 0.4) is 0 Å². The van der Waals surface area contributed by atoms with Crippen LogP contribution in [0.4, 0.5) is 17.3 Å². The molecule has 0 fully saturated rings. The molecule has 0 aliphatic rings. The van der Waals surface area contributed by atoms with Crippen LogP contribution < -0.4 is 22.1 Å². The number of hydrogen-bond donors (Lipinski definition) is 3. The lowest BCUT2D eigenvalue weighted by Gasteiger charge is -2.24. The molecule has 0 aliphatic heterocycles. The Bertz CT molecular complexity index is 405. The van der Waals surface area contributed by atoms with Crippen molar-refractivity contribution in [2.45, 2.75) is 13.8 Å². The van der Waals surface area contributed by atoms with E-state index in [1.807, 2.05) is 0 Å². The summed E-state index contributed by atoms with van der Waals surface area (Å²) in [7, 11) is 0. The zero-order valence-corrected chi connectivity index (χ0v) is 10.2. The Balaban J connectivity index is 2.94. The molecular weight excluding hydrogens is 218 g/mol. The number of pyridine rings is 1. The number of aromatic nitrogens is 1. The topological polar surface area (TPSA) is 111 Å². The first-order valence-corrected chi connectivity index (χ1v) is 5.45. The number of anilines is 3. The maximum absolute atomic E-state index is 11.0. The van der Waals surface area contributed by atoms with Gasteiger partial charge in [-0.05, 0) is 18.1 Å². The van der Waals surface area contributed by atoms with E-state index in [4.69, 9.17) is 17.2 Å². The van der Waals surface area contributed by atoms with E-state index in [1.165, 1.54) is 0 Å². The molecule has 0 bridgehead atoms.